The van der Waals surface area contributed by atoms with Gasteiger partial charge in [-0.3, -0.25) is 0 Å². The Bertz CT molecular complexity index is 972. The van der Waals surface area contributed by atoms with Gasteiger partial charge in [-0.1, -0.05) is 12.1 Å². The number of rotatable bonds is 7. The largest absolute Gasteiger partial charge is 0.494 e. The highest BCUT2D eigenvalue weighted by Gasteiger charge is 2.51. The summed E-state index contributed by atoms with van der Waals surface area (Å²) in [5.74, 6) is -0.276. The summed E-state index contributed by atoms with van der Waals surface area (Å²) in [7, 11) is -5.98. The maximum Gasteiger partial charge on any atom is 0.494 e. The minimum atomic E-state index is -3.83. The van der Waals surface area contributed by atoms with E-state index in [-0.39, 0.29) is 17.2 Å². The third-order valence-electron chi connectivity index (χ3n) is 6.22. The minimum absolute atomic E-state index is 0.0600. The van der Waals surface area contributed by atoms with Crippen LogP contribution in [0.2, 0.25) is 0 Å². The van der Waals surface area contributed by atoms with Gasteiger partial charge in [0, 0.05) is 32.7 Å². The molecule has 9 nitrogen and oxygen atoms in total. The molecular formula is C19H32BN3O6S2. The molecule has 2 aliphatic heterocycles. The quantitative estimate of drug-likeness (QED) is 0.549. The van der Waals surface area contributed by atoms with Crippen LogP contribution in [0.5, 0.6) is 0 Å². The number of hydrogen-bond acceptors (Lipinski definition) is 7. The summed E-state index contributed by atoms with van der Waals surface area (Å²) in [6.45, 7) is 9.80. The summed E-state index contributed by atoms with van der Waals surface area (Å²) < 4.78 is 65.9. The lowest BCUT2D eigenvalue weighted by molar-refractivity contribution is 0.00578. The van der Waals surface area contributed by atoms with E-state index in [0.717, 1.165) is 5.46 Å². The van der Waals surface area contributed by atoms with E-state index in [2.05, 4.69) is 9.62 Å². The van der Waals surface area contributed by atoms with Gasteiger partial charge in [-0.15, -0.1) is 0 Å². The van der Waals surface area contributed by atoms with Crippen molar-refractivity contribution in [2.75, 3.05) is 45.5 Å². The zero-order valence-corrected chi connectivity index (χ0v) is 20.4. The minimum Gasteiger partial charge on any atom is -0.399 e. The van der Waals surface area contributed by atoms with Crippen molar-refractivity contribution in [3.05, 3.63) is 24.3 Å². The Kier molecular flexibility index (Phi) is 6.94. The molecular weight excluding hydrogens is 441 g/mol. The van der Waals surface area contributed by atoms with Crippen LogP contribution in [0.1, 0.15) is 27.7 Å². The highest BCUT2D eigenvalue weighted by atomic mass is 32.2. The van der Waals surface area contributed by atoms with Gasteiger partial charge in [0.05, 0.1) is 21.9 Å². The van der Waals surface area contributed by atoms with E-state index in [1.54, 1.807) is 12.1 Å². The first-order valence-electron chi connectivity index (χ1n) is 10.4. The van der Waals surface area contributed by atoms with Crippen LogP contribution < -0.4 is 10.2 Å². The van der Waals surface area contributed by atoms with Crippen molar-refractivity contribution < 1.29 is 26.1 Å². The van der Waals surface area contributed by atoms with Crippen LogP contribution in [-0.2, 0) is 29.4 Å². The van der Waals surface area contributed by atoms with Gasteiger partial charge in [0.2, 0.25) is 20.0 Å². The highest BCUT2D eigenvalue weighted by molar-refractivity contribution is 7.90. The maximum atomic E-state index is 12.6. The molecule has 12 heteroatoms. The zero-order valence-electron chi connectivity index (χ0n) is 18.8. The predicted octanol–water partition coefficient (Wildman–Crippen LogP) is -0.159. The molecule has 1 N–H and O–H groups in total. The van der Waals surface area contributed by atoms with E-state index < -0.39 is 38.4 Å². The second-order valence-electron chi connectivity index (χ2n) is 9.07. The number of nitrogens with one attached hydrogen (secondary N) is 1. The van der Waals surface area contributed by atoms with Crippen LogP contribution in [0.15, 0.2) is 29.2 Å². The van der Waals surface area contributed by atoms with Crippen molar-refractivity contribution >= 4 is 32.6 Å². The number of benzene rings is 1. The Morgan fingerprint density at radius 2 is 1.45 bits per heavy atom. The molecule has 0 spiro atoms. The number of hydrogen-bond donors (Lipinski definition) is 1. The van der Waals surface area contributed by atoms with Crippen molar-refractivity contribution in [1.82, 2.24) is 13.9 Å². The fraction of sp³-hybridized carbons (Fsp3) is 0.684. The first-order valence-corrected chi connectivity index (χ1v) is 13.4. The summed E-state index contributed by atoms with van der Waals surface area (Å²) in [5.41, 5.74) is -0.256. The first kappa shape index (κ1) is 24.6. The molecule has 0 amide bonds. The second-order valence-corrected chi connectivity index (χ2v) is 12.9. The van der Waals surface area contributed by atoms with E-state index in [1.807, 2.05) is 34.7 Å². The lowest BCUT2D eigenvalue weighted by Gasteiger charge is -2.32. The summed E-state index contributed by atoms with van der Waals surface area (Å²) in [6.07, 6.45) is 0. The van der Waals surface area contributed by atoms with Crippen molar-refractivity contribution in [2.45, 2.75) is 43.8 Å². The number of piperazine rings is 1. The summed E-state index contributed by atoms with van der Waals surface area (Å²) in [6, 6.07) is 6.24. The molecule has 0 atom stereocenters. The SMILES string of the molecule is CN1CCN(S(=O)(=O)CCNS(=O)(=O)c2ccc(B3OC(C)(C)C(C)(C)O3)cc2)CC1. The molecule has 0 bridgehead atoms. The molecule has 0 aromatic heterocycles. The molecule has 3 rings (SSSR count). The molecule has 1 aromatic rings. The Balaban J connectivity index is 1.59. The fourth-order valence-corrected chi connectivity index (χ4v) is 5.87. The fourth-order valence-electron chi connectivity index (χ4n) is 3.37. The third kappa shape index (κ3) is 5.49. The molecule has 2 saturated heterocycles. The Labute approximate surface area is 186 Å². The van der Waals surface area contributed by atoms with Gasteiger partial charge < -0.3 is 14.2 Å². The van der Waals surface area contributed by atoms with E-state index in [9.17, 15) is 16.8 Å². The van der Waals surface area contributed by atoms with Crippen molar-refractivity contribution in [3.63, 3.8) is 0 Å². The summed E-state index contributed by atoms with van der Waals surface area (Å²) in [5, 5.41) is 0. The molecule has 2 heterocycles. The topological polar surface area (TPSA) is 105 Å². The van der Waals surface area contributed by atoms with Crippen LogP contribution >= 0.6 is 0 Å². The Morgan fingerprint density at radius 3 is 1.97 bits per heavy atom. The van der Waals surface area contributed by atoms with Gasteiger partial charge in [-0.05, 0) is 52.3 Å². The van der Waals surface area contributed by atoms with Gasteiger partial charge in [0.1, 0.15) is 0 Å². The molecule has 2 fully saturated rings. The van der Waals surface area contributed by atoms with Gasteiger partial charge in [0.15, 0.2) is 0 Å². The average molecular weight is 473 g/mol. The van der Waals surface area contributed by atoms with Crippen LogP contribution in [-0.4, -0.2) is 89.9 Å². The number of nitrogens with zero attached hydrogens (tertiary/aromatic N) is 2. The van der Waals surface area contributed by atoms with E-state index in [1.165, 1.54) is 16.4 Å². The average Bonchev–Trinajstić information content (AvgIpc) is 2.89. The highest BCUT2D eigenvalue weighted by Crippen LogP contribution is 2.36. The summed E-state index contributed by atoms with van der Waals surface area (Å²) in [4.78, 5) is 2.12. The molecule has 0 radical (unpaired) electrons. The molecule has 174 valence electrons. The van der Waals surface area contributed by atoms with Crippen LogP contribution in [0.3, 0.4) is 0 Å². The lowest BCUT2D eigenvalue weighted by Crippen LogP contribution is -2.48. The van der Waals surface area contributed by atoms with E-state index in [0.29, 0.717) is 26.2 Å². The third-order valence-corrected chi connectivity index (χ3v) is 9.57. The lowest BCUT2D eigenvalue weighted by atomic mass is 9.79. The summed E-state index contributed by atoms with van der Waals surface area (Å²) >= 11 is 0. The Morgan fingerprint density at radius 1 is 0.935 bits per heavy atom. The van der Waals surface area contributed by atoms with Gasteiger partial charge in [-0.2, -0.15) is 4.31 Å². The molecule has 0 saturated carbocycles. The monoisotopic (exact) mass is 473 g/mol. The van der Waals surface area contributed by atoms with Crippen molar-refractivity contribution in [3.8, 4) is 0 Å². The molecule has 0 aliphatic carbocycles. The van der Waals surface area contributed by atoms with Crippen molar-refractivity contribution in [2.24, 2.45) is 0 Å². The maximum absolute atomic E-state index is 12.6. The second kappa shape index (κ2) is 8.73. The zero-order chi connectivity index (χ0) is 23.1. The van der Waals surface area contributed by atoms with Gasteiger partial charge >= 0.3 is 7.12 Å². The predicted molar refractivity (Wildman–Crippen MR) is 120 cm³/mol. The first-order chi connectivity index (χ1) is 14.2. The smallest absolute Gasteiger partial charge is 0.399 e. The van der Waals surface area contributed by atoms with Gasteiger partial charge in [-0.25, -0.2) is 21.6 Å². The molecule has 0 unspecified atom stereocenters. The number of likely N-dealkylation sites (N-methyl/N-ethyl adjacent to an activating group) is 1. The standard InChI is InChI=1S/C19H32BN3O6S2/c1-18(2)19(3,4)29-20(28-18)16-6-8-17(9-7-16)31(26,27)21-10-15-30(24,25)23-13-11-22(5)12-14-23/h6-9,21H,10-15H2,1-5H3. The van der Waals surface area contributed by atoms with E-state index in [4.69, 9.17) is 9.31 Å². The molecule has 1 aromatic carbocycles. The normalized spacial score (nSPS) is 22.7. The van der Waals surface area contributed by atoms with Crippen LogP contribution in [0, 0.1) is 0 Å². The van der Waals surface area contributed by atoms with E-state index >= 15 is 0 Å². The van der Waals surface area contributed by atoms with Crippen LogP contribution in [0.4, 0.5) is 0 Å². The number of sulfonamides is 2. The Hall–Kier alpha value is -1.02. The van der Waals surface area contributed by atoms with Gasteiger partial charge in [0.25, 0.3) is 0 Å². The van der Waals surface area contributed by atoms with Crippen molar-refractivity contribution in [1.29, 1.82) is 0 Å². The molecule has 31 heavy (non-hydrogen) atoms. The molecule has 2 aliphatic rings. The van der Waals surface area contributed by atoms with Crippen LogP contribution in [0.25, 0.3) is 0 Å².